The summed E-state index contributed by atoms with van der Waals surface area (Å²) in [5.41, 5.74) is -0.539. The van der Waals surface area contributed by atoms with E-state index in [-0.39, 0.29) is 0 Å². The lowest BCUT2D eigenvalue weighted by Gasteiger charge is -2.04. The number of nitro benzene ring substituents is 1. The van der Waals surface area contributed by atoms with Crippen molar-refractivity contribution in [3.05, 3.63) is 34.1 Å². The van der Waals surface area contributed by atoms with E-state index in [1.165, 1.54) is 6.07 Å². The van der Waals surface area contributed by atoms with Gasteiger partial charge in [0, 0.05) is 0 Å². The van der Waals surface area contributed by atoms with Gasteiger partial charge in [-0.2, -0.15) is 4.39 Å². The van der Waals surface area contributed by atoms with Crippen LogP contribution in [0.15, 0.2) is 18.2 Å². The molecule has 1 fully saturated rings. The zero-order valence-electron chi connectivity index (χ0n) is 7.98. The molecule has 5 heteroatoms. The Hall–Kier alpha value is -1.65. The first-order valence-corrected chi connectivity index (χ1v) is 4.73. The summed E-state index contributed by atoms with van der Waals surface area (Å²) in [5, 5.41) is 10.4. The molecule has 0 aliphatic heterocycles. The molecule has 80 valence electrons. The molecule has 1 aliphatic rings. The standard InChI is InChI=1S/C10H10FNO3/c11-9-4-3-8(5-10(9)12(13)14)15-6-7-1-2-7/h3-5,7H,1-2,6H2. The fraction of sp³-hybridized carbons (Fsp3) is 0.400. The number of hydrogen-bond donors (Lipinski definition) is 0. The number of rotatable bonds is 4. The number of nitrogens with zero attached hydrogens (tertiary/aromatic N) is 1. The molecular formula is C10H10FNO3. The Morgan fingerprint density at radius 3 is 2.87 bits per heavy atom. The first-order chi connectivity index (χ1) is 7.16. The Morgan fingerprint density at radius 2 is 2.27 bits per heavy atom. The number of nitro groups is 1. The van der Waals surface area contributed by atoms with E-state index < -0.39 is 16.4 Å². The van der Waals surface area contributed by atoms with Crippen LogP contribution < -0.4 is 4.74 Å². The third kappa shape index (κ3) is 2.43. The molecule has 2 rings (SSSR count). The summed E-state index contributed by atoms with van der Waals surface area (Å²) in [6.07, 6.45) is 2.28. The van der Waals surface area contributed by atoms with Gasteiger partial charge in [0.05, 0.1) is 17.6 Å². The summed E-state index contributed by atoms with van der Waals surface area (Å²) < 4.78 is 18.2. The zero-order valence-corrected chi connectivity index (χ0v) is 7.98. The predicted molar refractivity (Wildman–Crippen MR) is 51.3 cm³/mol. The van der Waals surface area contributed by atoms with E-state index in [1.807, 2.05) is 0 Å². The average Bonchev–Trinajstić information content (AvgIpc) is 3.00. The normalized spacial score (nSPS) is 15.0. The molecule has 4 nitrogen and oxygen atoms in total. The van der Waals surface area contributed by atoms with Gasteiger partial charge in [0.25, 0.3) is 0 Å². The van der Waals surface area contributed by atoms with Crippen LogP contribution in [0, 0.1) is 21.8 Å². The lowest BCUT2D eigenvalue weighted by molar-refractivity contribution is -0.387. The third-order valence-corrected chi connectivity index (χ3v) is 2.30. The first-order valence-electron chi connectivity index (χ1n) is 4.73. The molecule has 1 aromatic rings. The SMILES string of the molecule is O=[N+]([O-])c1cc(OCC2CC2)ccc1F. The minimum absolute atomic E-state index is 0.356. The minimum Gasteiger partial charge on any atom is -0.493 e. The maximum atomic E-state index is 12.9. The van der Waals surface area contributed by atoms with Gasteiger partial charge in [-0.05, 0) is 30.9 Å². The van der Waals surface area contributed by atoms with Crippen molar-refractivity contribution in [1.29, 1.82) is 0 Å². The van der Waals surface area contributed by atoms with Crippen LogP contribution in [-0.4, -0.2) is 11.5 Å². The van der Waals surface area contributed by atoms with Crippen LogP contribution >= 0.6 is 0 Å². The van der Waals surface area contributed by atoms with E-state index in [0.717, 1.165) is 25.0 Å². The number of benzene rings is 1. The van der Waals surface area contributed by atoms with Gasteiger partial charge in [0.2, 0.25) is 5.82 Å². The van der Waals surface area contributed by atoms with Crippen molar-refractivity contribution in [2.75, 3.05) is 6.61 Å². The van der Waals surface area contributed by atoms with Crippen molar-refractivity contribution in [3.8, 4) is 5.75 Å². The Balaban J connectivity index is 2.10. The second-order valence-electron chi connectivity index (χ2n) is 3.62. The molecule has 0 radical (unpaired) electrons. The first kappa shape index (κ1) is 9.89. The predicted octanol–water partition coefficient (Wildman–Crippen LogP) is 2.52. The quantitative estimate of drug-likeness (QED) is 0.568. The molecule has 15 heavy (non-hydrogen) atoms. The molecule has 1 aliphatic carbocycles. The molecular weight excluding hydrogens is 201 g/mol. The highest BCUT2D eigenvalue weighted by Crippen LogP contribution is 2.30. The summed E-state index contributed by atoms with van der Waals surface area (Å²) in [4.78, 5) is 9.68. The van der Waals surface area contributed by atoms with Crippen LogP contribution in [0.5, 0.6) is 5.75 Å². The monoisotopic (exact) mass is 211 g/mol. The molecule has 0 saturated heterocycles. The fourth-order valence-corrected chi connectivity index (χ4v) is 1.22. The van der Waals surface area contributed by atoms with Crippen LogP contribution in [-0.2, 0) is 0 Å². The van der Waals surface area contributed by atoms with Crippen LogP contribution in [0.25, 0.3) is 0 Å². The molecule has 0 bridgehead atoms. The van der Waals surface area contributed by atoms with E-state index in [9.17, 15) is 14.5 Å². The van der Waals surface area contributed by atoms with Gasteiger partial charge in [0.15, 0.2) is 0 Å². The van der Waals surface area contributed by atoms with E-state index in [4.69, 9.17) is 4.74 Å². The highest BCUT2D eigenvalue weighted by molar-refractivity contribution is 5.39. The van der Waals surface area contributed by atoms with Crippen molar-refractivity contribution in [3.63, 3.8) is 0 Å². The Morgan fingerprint density at radius 1 is 1.53 bits per heavy atom. The second-order valence-corrected chi connectivity index (χ2v) is 3.62. The van der Waals surface area contributed by atoms with Gasteiger partial charge in [-0.25, -0.2) is 0 Å². The molecule has 0 aromatic heterocycles. The van der Waals surface area contributed by atoms with Gasteiger partial charge in [0.1, 0.15) is 5.75 Å². The average molecular weight is 211 g/mol. The maximum absolute atomic E-state index is 12.9. The Kier molecular flexibility index (Phi) is 2.53. The molecule has 0 unspecified atom stereocenters. The number of ether oxygens (including phenoxy) is 1. The van der Waals surface area contributed by atoms with Crippen molar-refractivity contribution in [2.24, 2.45) is 5.92 Å². The second kappa shape index (κ2) is 3.84. The summed E-state index contributed by atoms with van der Waals surface area (Å²) in [5.74, 6) is 0.0860. The van der Waals surface area contributed by atoms with Gasteiger partial charge < -0.3 is 4.74 Å². The summed E-state index contributed by atoms with van der Waals surface area (Å²) >= 11 is 0. The molecule has 0 heterocycles. The lowest BCUT2D eigenvalue weighted by atomic mass is 10.3. The largest absolute Gasteiger partial charge is 0.493 e. The van der Waals surface area contributed by atoms with Crippen LogP contribution in [0.2, 0.25) is 0 Å². The number of halogens is 1. The highest BCUT2D eigenvalue weighted by atomic mass is 19.1. The van der Waals surface area contributed by atoms with E-state index in [2.05, 4.69) is 0 Å². The van der Waals surface area contributed by atoms with Gasteiger partial charge in [-0.15, -0.1) is 0 Å². The van der Waals surface area contributed by atoms with Crippen LogP contribution in [0.3, 0.4) is 0 Å². The minimum atomic E-state index is -0.834. The topological polar surface area (TPSA) is 52.4 Å². The van der Waals surface area contributed by atoms with Gasteiger partial charge in [-0.3, -0.25) is 10.1 Å². The van der Waals surface area contributed by atoms with Crippen molar-refractivity contribution in [2.45, 2.75) is 12.8 Å². The molecule has 0 atom stereocenters. The summed E-state index contributed by atoms with van der Waals surface area (Å²) in [6.45, 7) is 0.558. The molecule has 1 aromatic carbocycles. The zero-order chi connectivity index (χ0) is 10.8. The van der Waals surface area contributed by atoms with Crippen LogP contribution in [0.1, 0.15) is 12.8 Å². The smallest absolute Gasteiger partial charge is 0.308 e. The molecule has 0 amide bonds. The molecule has 0 spiro atoms. The lowest BCUT2D eigenvalue weighted by Crippen LogP contribution is -2.00. The van der Waals surface area contributed by atoms with Crippen molar-refractivity contribution >= 4 is 5.69 Å². The Bertz CT molecular complexity index is 390. The van der Waals surface area contributed by atoms with Crippen molar-refractivity contribution < 1.29 is 14.1 Å². The Labute approximate surface area is 85.8 Å². The fourth-order valence-electron chi connectivity index (χ4n) is 1.22. The number of hydrogen-bond acceptors (Lipinski definition) is 3. The summed E-state index contributed by atoms with van der Waals surface area (Å²) in [6, 6.07) is 3.59. The maximum Gasteiger partial charge on any atom is 0.308 e. The van der Waals surface area contributed by atoms with Gasteiger partial charge in [-0.1, -0.05) is 0 Å². The van der Waals surface area contributed by atoms with Gasteiger partial charge >= 0.3 is 5.69 Å². The van der Waals surface area contributed by atoms with Crippen LogP contribution in [0.4, 0.5) is 10.1 Å². The van der Waals surface area contributed by atoms with E-state index in [1.54, 1.807) is 0 Å². The summed E-state index contributed by atoms with van der Waals surface area (Å²) in [7, 11) is 0. The third-order valence-electron chi connectivity index (χ3n) is 2.30. The molecule has 1 saturated carbocycles. The molecule has 0 N–H and O–H groups in total. The van der Waals surface area contributed by atoms with E-state index >= 15 is 0 Å². The van der Waals surface area contributed by atoms with Crippen molar-refractivity contribution in [1.82, 2.24) is 0 Å². The highest BCUT2D eigenvalue weighted by Gasteiger charge is 2.22. The van der Waals surface area contributed by atoms with E-state index in [0.29, 0.717) is 18.3 Å².